The molecule has 0 radical (unpaired) electrons. The molecule has 1 fully saturated rings. The zero-order valence-electron chi connectivity index (χ0n) is 6.83. The van der Waals surface area contributed by atoms with Gasteiger partial charge in [0.2, 0.25) is 11.2 Å². The monoisotopic (exact) mass is 310 g/mol. The van der Waals surface area contributed by atoms with Crippen LogP contribution >= 0.6 is 34.2 Å². The van der Waals surface area contributed by atoms with Crippen LogP contribution in [0.3, 0.4) is 0 Å². The Bertz CT molecular complexity index is 317. The molecule has 1 heterocycles. The summed E-state index contributed by atoms with van der Waals surface area (Å²) in [5.74, 6) is 0.616. The molecule has 1 aliphatic carbocycles. The van der Waals surface area contributed by atoms with Gasteiger partial charge in [0, 0.05) is 6.20 Å². The van der Waals surface area contributed by atoms with E-state index in [1.54, 1.807) is 6.20 Å². The highest BCUT2D eigenvalue weighted by molar-refractivity contribution is 14.1. The van der Waals surface area contributed by atoms with E-state index in [-0.39, 0.29) is 5.28 Å². The second-order valence-electron chi connectivity index (χ2n) is 2.96. The fourth-order valence-corrected chi connectivity index (χ4v) is 1.57. The number of rotatable bonds is 2. The summed E-state index contributed by atoms with van der Waals surface area (Å²) in [7, 11) is 0. The molecule has 0 N–H and O–H groups in total. The Morgan fingerprint density at radius 1 is 1.54 bits per heavy atom. The average molecular weight is 311 g/mol. The highest BCUT2D eigenvalue weighted by Gasteiger charge is 2.20. The Morgan fingerprint density at radius 3 is 2.92 bits per heavy atom. The first-order valence-electron chi connectivity index (χ1n) is 4.10. The fourth-order valence-electron chi connectivity index (χ4n) is 1.06. The van der Waals surface area contributed by atoms with E-state index in [0.717, 1.165) is 16.4 Å². The number of halogens is 2. The van der Waals surface area contributed by atoms with Crippen molar-refractivity contribution in [2.75, 3.05) is 0 Å². The van der Waals surface area contributed by atoms with Gasteiger partial charge in [-0.2, -0.15) is 4.98 Å². The Labute approximate surface area is 95.0 Å². The SMILES string of the molecule is Clc1ncc(I)c(OC2CCC2)n1. The Balaban J connectivity index is 2.13. The van der Waals surface area contributed by atoms with E-state index >= 15 is 0 Å². The van der Waals surface area contributed by atoms with Crippen molar-refractivity contribution in [2.24, 2.45) is 0 Å². The largest absolute Gasteiger partial charge is 0.473 e. The smallest absolute Gasteiger partial charge is 0.231 e. The molecule has 0 aliphatic heterocycles. The molecule has 3 nitrogen and oxygen atoms in total. The van der Waals surface area contributed by atoms with E-state index in [2.05, 4.69) is 32.6 Å². The van der Waals surface area contributed by atoms with Gasteiger partial charge in [0.05, 0.1) is 3.57 Å². The van der Waals surface area contributed by atoms with Gasteiger partial charge >= 0.3 is 0 Å². The molecule has 1 aromatic rings. The minimum atomic E-state index is 0.245. The Hall–Kier alpha value is -0.100. The minimum Gasteiger partial charge on any atom is -0.473 e. The van der Waals surface area contributed by atoms with E-state index in [9.17, 15) is 0 Å². The van der Waals surface area contributed by atoms with Gasteiger partial charge in [0.1, 0.15) is 6.10 Å². The minimum absolute atomic E-state index is 0.245. The first-order chi connectivity index (χ1) is 6.25. The van der Waals surface area contributed by atoms with Gasteiger partial charge in [-0.25, -0.2) is 4.98 Å². The van der Waals surface area contributed by atoms with Crippen LogP contribution < -0.4 is 4.74 Å². The number of ether oxygens (including phenoxy) is 1. The van der Waals surface area contributed by atoms with E-state index in [1.807, 2.05) is 0 Å². The summed E-state index contributed by atoms with van der Waals surface area (Å²) in [4.78, 5) is 7.88. The Kier molecular flexibility index (Phi) is 2.88. The molecule has 0 unspecified atom stereocenters. The van der Waals surface area contributed by atoms with Gasteiger partial charge in [-0.15, -0.1) is 0 Å². The molecule has 1 aliphatic rings. The normalized spacial score (nSPS) is 16.8. The van der Waals surface area contributed by atoms with Crippen LogP contribution in [0.15, 0.2) is 6.20 Å². The summed E-state index contributed by atoms with van der Waals surface area (Å²) in [6, 6.07) is 0. The molecular formula is C8H8ClIN2O. The number of hydrogen-bond donors (Lipinski definition) is 0. The number of hydrogen-bond acceptors (Lipinski definition) is 3. The maximum absolute atomic E-state index is 5.66. The van der Waals surface area contributed by atoms with Crippen LogP contribution in [0.5, 0.6) is 5.88 Å². The van der Waals surface area contributed by atoms with Gasteiger partial charge in [-0.05, 0) is 53.5 Å². The van der Waals surface area contributed by atoms with Gasteiger partial charge in [-0.1, -0.05) is 0 Å². The van der Waals surface area contributed by atoms with Gasteiger partial charge in [0.25, 0.3) is 0 Å². The van der Waals surface area contributed by atoms with Crippen molar-refractivity contribution in [1.82, 2.24) is 9.97 Å². The molecule has 13 heavy (non-hydrogen) atoms. The molecule has 5 heteroatoms. The molecule has 0 aromatic carbocycles. The third kappa shape index (κ3) is 2.22. The van der Waals surface area contributed by atoms with E-state index in [4.69, 9.17) is 16.3 Å². The van der Waals surface area contributed by atoms with Crippen LogP contribution in [0.25, 0.3) is 0 Å². The zero-order valence-corrected chi connectivity index (χ0v) is 9.75. The molecule has 1 saturated carbocycles. The quantitative estimate of drug-likeness (QED) is 0.622. The van der Waals surface area contributed by atoms with Gasteiger partial charge in [-0.3, -0.25) is 0 Å². The lowest BCUT2D eigenvalue weighted by Gasteiger charge is -2.25. The van der Waals surface area contributed by atoms with E-state index < -0.39 is 0 Å². The van der Waals surface area contributed by atoms with Crippen LogP contribution in [0.1, 0.15) is 19.3 Å². The van der Waals surface area contributed by atoms with Crippen LogP contribution in [0, 0.1) is 3.57 Å². The molecular weight excluding hydrogens is 302 g/mol. The number of nitrogens with zero attached hydrogens (tertiary/aromatic N) is 2. The molecule has 0 saturated heterocycles. The van der Waals surface area contributed by atoms with Crippen molar-refractivity contribution in [1.29, 1.82) is 0 Å². The summed E-state index contributed by atoms with van der Waals surface area (Å²) in [5.41, 5.74) is 0. The van der Waals surface area contributed by atoms with Crippen LogP contribution in [0.2, 0.25) is 5.28 Å². The third-order valence-corrected chi connectivity index (χ3v) is 2.94. The molecule has 0 bridgehead atoms. The van der Waals surface area contributed by atoms with Crippen molar-refractivity contribution in [3.05, 3.63) is 15.1 Å². The highest BCUT2D eigenvalue weighted by atomic mass is 127. The summed E-state index contributed by atoms with van der Waals surface area (Å²) in [6.45, 7) is 0. The predicted octanol–water partition coefficient (Wildman–Crippen LogP) is 2.67. The lowest BCUT2D eigenvalue weighted by Crippen LogP contribution is -2.25. The molecule has 0 spiro atoms. The van der Waals surface area contributed by atoms with Gasteiger partial charge in [0.15, 0.2) is 0 Å². The Morgan fingerprint density at radius 2 is 2.31 bits per heavy atom. The fraction of sp³-hybridized carbons (Fsp3) is 0.500. The highest BCUT2D eigenvalue weighted by Crippen LogP contribution is 2.27. The first kappa shape index (κ1) is 9.45. The zero-order chi connectivity index (χ0) is 9.26. The molecule has 1 aromatic heterocycles. The summed E-state index contributed by atoms with van der Waals surface area (Å²) in [6.07, 6.45) is 5.50. The first-order valence-corrected chi connectivity index (χ1v) is 5.56. The van der Waals surface area contributed by atoms with Crippen LogP contribution in [0.4, 0.5) is 0 Å². The molecule has 0 amide bonds. The molecule has 0 atom stereocenters. The lowest BCUT2D eigenvalue weighted by atomic mass is 9.96. The summed E-state index contributed by atoms with van der Waals surface area (Å²) < 4.78 is 6.53. The van der Waals surface area contributed by atoms with E-state index in [0.29, 0.717) is 12.0 Å². The van der Waals surface area contributed by atoms with Crippen molar-refractivity contribution in [2.45, 2.75) is 25.4 Å². The van der Waals surface area contributed by atoms with Crippen molar-refractivity contribution >= 4 is 34.2 Å². The number of aromatic nitrogens is 2. The van der Waals surface area contributed by atoms with Crippen LogP contribution in [-0.4, -0.2) is 16.1 Å². The molecule has 2 rings (SSSR count). The molecule has 70 valence electrons. The summed E-state index contributed by atoms with van der Waals surface area (Å²) in [5, 5.41) is 0.245. The second-order valence-corrected chi connectivity index (χ2v) is 4.46. The van der Waals surface area contributed by atoms with Gasteiger partial charge < -0.3 is 4.74 Å². The topological polar surface area (TPSA) is 35.0 Å². The third-order valence-electron chi connectivity index (χ3n) is 2.01. The van der Waals surface area contributed by atoms with Crippen LogP contribution in [-0.2, 0) is 0 Å². The average Bonchev–Trinajstić information content (AvgIpc) is 2.03. The second kappa shape index (κ2) is 3.96. The standard InChI is InChI=1S/C8H8ClIN2O/c9-8-11-4-6(10)7(12-8)13-5-2-1-3-5/h4-5H,1-3H2. The maximum Gasteiger partial charge on any atom is 0.231 e. The van der Waals surface area contributed by atoms with Crippen molar-refractivity contribution in [3.8, 4) is 5.88 Å². The van der Waals surface area contributed by atoms with E-state index in [1.165, 1.54) is 6.42 Å². The predicted molar refractivity (Wildman–Crippen MR) is 58.0 cm³/mol. The lowest BCUT2D eigenvalue weighted by molar-refractivity contribution is 0.113. The maximum atomic E-state index is 5.66. The summed E-state index contributed by atoms with van der Waals surface area (Å²) >= 11 is 7.80. The van der Waals surface area contributed by atoms with Crippen molar-refractivity contribution < 1.29 is 4.74 Å². The van der Waals surface area contributed by atoms with Crippen molar-refractivity contribution in [3.63, 3.8) is 0 Å².